The van der Waals surface area contributed by atoms with E-state index in [4.69, 9.17) is 31.5 Å². The maximum absolute atomic E-state index is 11.0. The molecule has 0 unspecified atom stereocenters. The van der Waals surface area contributed by atoms with Crippen LogP contribution in [0.2, 0.25) is 4.34 Å². The number of hydrogen-bond acceptors (Lipinski definition) is 7. The average Bonchev–Trinajstić information content (AvgIpc) is 3.15. The van der Waals surface area contributed by atoms with Crippen LogP contribution >= 0.6 is 22.9 Å². The Morgan fingerprint density at radius 3 is 2.94 bits per heavy atom. The van der Waals surface area contributed by atoms with Crippen LogP contribution in [0.3, 0.4) is 0 Å². The number of methoxy groups -OCH3 is 1. The second-order valence-corrected chi connectivity index (χ2v) is 9.85. The minimum Gasteiger partial charge on any atom is -0.493 e. The number of halogens is 1. The number of nitrogens with two attached hydrogens (primary N) is 1. The Morgan fingerprint density at radius 1 is 1.42 bits per heavy atom. The summed E-state index contributed by atoms with van der Waals surface area (Å²) in [6.07, 6.45) is 1.06. The van der Waals surface area contributed by atoms with Crippen LogP contribution in [0.1, 0.15) is 41.9 Å². The molecule has 31 heavy (non-hydrogen) atoms. The number of benzene rings is 1. The molecular formula is C22H27ClN2O5S. The number of nitrogens with zero attached hydrogens (tertiary/aromatic N) is 1. The minimum absolute atomic E-state index is 0.190. The molecule has 1 amide bonds. The molecule has 4 rings (SSSR count). The molecule has 2 aliphatic rings. The number of likely N-dealkylation sites (tertiary alicyclic amines) is 1. The van der Waals surface area contributed by atoms with E-state index >= 15 is 0 Å². The van der Waals surface area contributed by atoms with Crippen LogP contribution in [0.5, 0.6) is 11.5 Å². The van der Waals surface area contributed by atoms with Crippen LogP contribution in [-0.2, 0) is 21.7 Å². The summed E-state index contributed by atoms with van der Waals surface area (Å²) in [5.74, 6) is 0.532. The van der Waals surface area contributed by atoms with Crippen LogP contribution in [0.15, 0.2) is 24.3 Å². The molecule has 1 spiro atoms. The molecule has 7 nitrogen and oxygen atoms in total. The van der Waals surface area contributed by atoms with Crippen molar-refractivity contribution >= 4 is 28.8 Å². The highest BCUT2D eigenvalue weighted by Gasteiger charge is 2.46. The molecule has 0 aliphatic carbocycles. The van der Waals surface area contributed by atoms with E-state index in [0.29, 0.717) is 22.4 Å². The summed E-state index contributed by atoms with van der Waals surface area (Å²) >= 11 is 7.78. The van der Waals surface area contributed by atoms with Gasteiger partial charge in [-0.1, -0.05) is 17.7 Å². The van der Waals surface area contributed by atoms with Gasteiger partial charge in [-0.3, -0.25) is 9.69 Å². The van der Waals surface area contributed by atoms with E-state index in [1.807, 2.05) is 18.2 Å². The summed E-state index contributed by atoms with van der Waals surface area (Å²) in [6, 6.07) is 7.86. The number of aliphatic hydroxyl groups is 1. The van der Waals surface area contributed by atoms with Crippen LogP contribution in [0, 0.1) is 0 Å². The van der Waals surface area contributed by atoms with E-state index in [0.717, 1.165) is 41.9 Å². The number of thiophene rings is 1. The molecule has 2 aromatic rings. The number of piperidine rings is 1. The monoisotopic (exact) mass is 466 g/mol. The second-order valence-electron chi connectivity index (χ2n) is 8.17. The van der Waals surface area contributed by atoms with Crippen molar-refractivity contribution in [2.24, 2.45) is 5.73 Å². The summed E-state index contributed by atoms with van der Waals surface area (Å²) in [6.45, 7) is 3.92. The van der Waals surface area contributed by atoms with Gasteiger partial charge in [0.1, 0.15) is 11.7 Å². The topological polar surface area (TPSA) is 94.2 Å². The highest BCUT2D eigenvalue weighted by molar-refractivity contribution is 7.16. The summed E-state index contributed by atoms with van der Waals surface area (Å²) in [5, 5.41) is 10.3. The standard InChI is InChI=1S/C22H27ClN2O5S/c1-13-9-22(21-15(8-19(23)31-21)16(26)11-30-22)5-6-25(13)10-14-3-4-17(18(7-14)28-2)29-12-20(24)27/h3-4,7-8,13,16,26H,5-6,9-12H2,1-2H3,(H2,24,27)/t13-,16-,22+/m0/s1. The molecule has 3 N–H and O–H groups in total. The van der Waals surface area contributed by atoms with Crippen LogP contribution in [-0.4, -0.2) is 48.8 Å². The molecule has 2 aliphatic heterocycles. The Labute approximate surface area is 190 Å². The van der Waals surface area contributed by atoms with Crippen LogP contribution < -0.4 is 15.2 Å². The molecule has 3 atom stereocenters. The third-order valence-corrected chi connectivity index (χ3v) is 7.52. The number of primary amides is 1. The molecule has 1 aromatic carbocycles. The fourth-order valence-corrected chi connectivity index (χ4v) is 5.98. The SMILES string of the molecule is COc1cc(CN2CC[C@]3(C[C@@H]2C)OC[C@H](O)c2cc(Cl)sc23)ccc1OCC(N)=O. The van der Waals surface area contributed by atoms with Crippen molar-refractivity contribution in [1.82, 2.24) is 4.90 Å². The van der Waals surface area contributed by atoms with Crippen molar-refractivity contribution in [1.29, 1.82) is 0 Å². The van der Waals surface area contributed by atoms with Crippen molar-refractivity contribution < 1.29 is 24.1 Å². The lowest BCUT2D eigenvalue weighted by atomic mass is 9.81. The summed E-state index contributed by atoms with van der Waals surface area (Å²) in [5.41, 5.74) is 6.78. The quantitative estimate of drug-likeness (QED) is 0.678. The highest BCUT2D eigenvalue weighted by Crippen LogP contribution is 2.50. The number of fused-ring (bicyclic) bond motifs is 2. The van der Waals surface area contributed by atoms with Crippen molar-refractivity contribution in [3.63, 3.8) is 0 Å². The number of aliphatic hydroxyl groups excluding tert-OH is 1. The lowest BCUT2D eigenvalue weighted by Gasteiger charge is -2.47. The number of rotatable bonds is 6. The summed E-state index contributed by atoms with van der Waals surface area (Å²) in [4.78, 5) is 14.5. The number of ether oxygens (including phenoxy) is 3. The summed E-state index contributed by atoms with van der Waals surface area (Å²) in [7, 11) is 1.57. The van der Waals surface area contributed by atoms with Gasteiger partial charge in [-0.15, -0.1) is 11.3 Å². The number of amides is 1. The molecule has 0 saturated carbocycles. The first kappa shape index (κ1) is 22.4. The Kier molecular flexibility index (Phi) is 6.46. The first-order chi connectivity index (χ1) is 14.8. The lowest BCUT2D eigenvalue weighted by molar-refractivity contribution is -0.139. The third kappa shape index (κ3) is 4.54. The van der Waals surface area contributed by atoms with Crippen molar-refractivity contribution in [3.05, 3.63) is 44.6 Å². The molecule has 0 radical (unpaired) electrons. The maximum Gasteiger partial charge on any atom is 0.255 e. The molecule has 1 aromatic heterocycles. The fraction of sp³-hybridized carbons (Fsp3) is 0.500. The van der Waals surface area contributed by atoms with E-state index in [-0.39, 0.29) is 18.2 Å². The van der Waals surface area contributed by atoms with E-state index in [9.17, 15) is 9.90 Å². The summed E-state index contributed by atoms with van der Waals surface area (Å²) < 4.78 is 17.8. The van der Waals surface area contributed by atoms with Gasteiger partial charge in [0, 0.05) is 29.6 Å². The number of carbonyl (C=O) groups is 1. The molecule has 1 fully saturated rings. The largest absolute Gasteiger partial charge is 0.493 e. The molecular weight excluding hydrogens is 440 g/mol. The zero-order valence-corrected chi connectivity index (χ0v) is 19.2. The normalized spacial score (nSPS) is 25.9. The third-order valence-electron chi connectivity index (χ3n) is 6.06. The lowest BCUT2D eigenvalue weighted by Crippen LogP contribution is -2.50. The van der Waals surface area contributed by atoms with Gasteiger partial charge in [0.25, 0.3) is 5.91 Å². The van der Waals surface area contributed by atoms with Crippen molar-refractivity contribution in [2.75, 3.05) is 26.9 Å². The minimum atomic E-state index is -0.611. The predicted molar refractivity (Wildman–Crippen MR) is 119 cm³/mol. The van der Waals surface area contributed by atoms with E-state index in [1.165, 1.54) is 11.3 Å². The van der Waals surface area contributed by atoms with Gasteiger partial charge in [-0.05, 0) is 43.5 Å². The van der Waals surface area contributed by atoms with Crippen LogP contribution in [0.25, 0.3) is 0 Å². The molecule has 1 saturated heterocycles. The maximum atomic E-state index is 11.0. The van der Waals surface area contributed by atoms with Gasteiger partial charge in [0.2, 0.25) is 0 Å². The Balaban J connectivity index is 1.47. The fourth-order valence-electron chi connectivity index (χ4n) is 4.51. The Hall–Kier alpha value is -1.84. The van der Waals surface area contributed by atoms with Gasteiger partial charge in [0.05, 0.1) is 18.1 Å². The number of carbonyl (C=O) groups excluding carboxylic acids is 1. The molecule has 0 bridgehead atoms. The zero-order valence-electron chi connectivity index (χ0n) is 17.6. The van der Waals surface area contributed by atoms with Gasteiger partial charge in [-0.25, -0.2) is 0 Å². The first-order valence-electron chi connectivity index (χ1n) is 10.2. The Morgan fingerprint density at radius 2 is 2.23 bits per heavy atom. The smallest absolute Gasteiger partial charge is 0.255 e. The zero-order chi connectivity index (χ0) is 22.2. The second kappa shape index (κ2) is 8.96. The first-order valence-corrected chi connectivity index (χ1v) is 11.4. The average molecular weight is 467 g/mol. The predicted octanol–water partition coefficient (Wildman–Crippen LogP) is 3.22. The van der Waals surface area contributed by atoms with Gasteiger partial charge in [0.15, 0.2) is 18.1 Å². The molecule has 3 heterocycles. The molecule has 9 heteroatoms. The Bertz CT molecular complexity index is 967. The van der Waals surface area contributed by atoms with E-state index < -0.39 is 12.0 Å². The van der Waals surface area contributed by atoms with Gasteiger partial charge < -0.3 is 25.1 Å². The highest BCUT2D eigenvalue weighted by atomic mass is 35.5. The van der Waals surface area contributed by atoms with E-state index in [2.05, 4.69) is 11.8 Å². The van der Waals surface area contributed by atoms with Gasteiger partial charge in [-0.2, -0.15) is 0 Å². The molecule has 168 valence electrons. The van der Waals surface area contributed by atoms with E-state index in [1.54, 1.807) is 13.2 Å². The van der Waals surface area contributed by atoms with Crippen molar-refractivity contribution in [3.8, 4) is 11.5 Å². The number of hydrogen-bond donors (Lipinski definition) is 2. The van der Waals surface area contributed by atoms with Crippen molar-refractivity contribution in [2.45, 2.75) is 44.1 Å². The van der Waals surface area contributed by atoms with Gasteiger partial charge >= 0.3 is 0 Å². The van der Waals surface area contributed by atoms with Crippen LogP contribution in [0.4, 0.5) is 0 Å².